The fourth-order valence-electron chi connectivity index (χ4n) is 3.08. The molecule has 0 aliphatic rings. The second kappa shape index (κ2) is 9.14. The van der Waals surface area contributed by atoms with E-state index < -0.39 is 23.7 Å². The summed E-state index contributed by atoms with van der Waals surface area (Å²) < 4.78 is 53.9. The summed E-state index contributed by atoms with van der Waals surface area (Å²) in [7, 11) is 0. The van der Waals surface area contributed by atoms with Crippen LogP contribution in [-0.2, 0) is 11.0 Å². The molecule has 2 heterocycles. The second-order valence-electron chi connectivity index (χ2n) is 7.01. The lowest BCUT2D eigenvalue weighted by atomic mass is 10.0. The number of carbonyl (C=O) groups is 1. The SMILES string of the molecule is O=C(O)C=Cc1cccc(-c2cnc(Nc3cccc(F)c3)nc2-n2ccc(C(F)(F)F)n2)c1. The molecule has 0 aliphatic heterocycles. The highest BCUT2D eigenvalue weighted by molar-refractivity contribution is 5.85. The zero-order chi connectivity index (χ0) is 24.3. The third-order valence-corrected chi connectivity index (χ3v) is 4.56. The summed E-state index contributed by atoms with van der Waals surface area (Å²) in [6, 6.07) is 13.0. The Morgan fingerprint density at radius 3 is 2.59 bits per heavy atom. The van der Waals surface area contributed by atoms with E-state index in [1.807, 2.05) is 0 Å². The average molecular weight is 469 g/mol. The van der Waals surface area contributed by atoms with Crippen LogP contribution in [0.25, 0.3) is 23.0 Å². The van der Waals surface area contributed by atoms with Crippen molar-refractivity contribution in [1.82, 2.24) is 19.7 Å². The molecule has 2 N–H and O–H groups in total. The van der Waals surface area contributed by atoms with Crippen LogP contribution in [0.4, 0.5) is 29.2 Å². The van der Waals surface area contributed by atoms with Gasteiger partial charge in [-0.3, -0.25) is 0 Å². The number of benzene rings is 2. The van der Waals surface area contributed by atoms with Gasteiger partial charge in [-0.25, -0.2) is 18.9 Å². The molecule has 4 aromatic rings. The van der Waals surface area contributed by atoms with Gasteiger partial charge in [-0.1, -0.05) is 24.3 Å². The maximum absolute atomic E-state index is 13.5. The number of nitrogens with zero attached hydrogens (tertiary/aromatic N) is 4. The minimum atomic E-state index is -4.65. The summed E-state index contributed by atoms with van der Waals surface area (Å²) in [5.41, 5.74) is 0.645. The highest BCUT2D eigenvalue weighted by atomic mass is 19.4. The van der Waals surface area contributed by atoms with Crippen molar-refractivity contribution in [3.8, 4) is 16.9 Å². The smallest absolute Gasteiger partial charge is 0.435 e. The van der Waals surface area contributed by atoms with E-state index in [1.165, 1.54) is 30.5 Å². The molecular formula is C23H15F4N5O2. The third-order valence-electron chi connectivity index (χ3n) is 4.56. The van der Waals surface area contributed by atoms with E-state index in [1.54, 1.807) is 30.3 Å². The number of halogens is 4. The molecular weight excluding hydrogens is 454 g/mol. The lowest BCUT2D eigenvalue weighted by molar-refractivity contribution is -0.141. The van der Waals surface area contributed by atoms with Gasteiger partial charge in [0.25, 0.3) is 0 Å². The molecule has 4 rings (SSSR count). The van der Waals surface area contributed by atoms with Crippen molar-refractivity contribution in [2.75, 3.05) is 5.32 Å². The van der Waals surface area contributed by atoms with Crippen molar-refractivity contribution in [3.05, 3.63) is 90.1 Å². The Labute approximate surface area is 190 Å². The first-order valence-electron chi connectivity index (χ1n) is 9.73. The molecule has 0 amide bonds. The van der Waals surface area contributed by atoms with Crippen LogP contribution in [0.5, 0.6) is 0 Å². The number of alkyl halides is 3. The van der Waals surface area contributed by atoms with E-state index in [9.17, 15) is 22.4 Å². The molecule has 0 fully saturated rings. The normalized spacial score (nSPS) is 11.6. The molecule has 0 unspecified atom stereocenters. The Balaban J connectivity index is 1.80. The first-order valence-corrected chi connectivity index (χ1v) is 9.73. The van der Waals surface area contributed by atoms with Gasteiger partial charge in [0.15, 0.2) is 11.5 Å². The Morgan fingerprint density at radius 2 is 1.88 bits per heavy atom. The molecule has 2 aromatic heterocycles. The molecule has 0 aliphatic carbocycles. The Hall–Kier alpha value is -4.54. The second-order valence-corrected chi connectivity index (χ2v) is 7.01. The number of rotatable bonds is 6. The summed E-state index contributed by atoms with van der Waals surface area (Å²) in [5, 5.41) is 15.3. The molecule has 0 spiro atoms. The van der Waals surface area contributed by atoms with Crippen LogP contribution in [0.15, 0.2) is 73.1 Å². The van der Waals surface area contributed by atoms with E-state index >= 15 is 0 Å². The van der Waals surface area contributed by atoms with E-state index in [2.05, 4.69) is 20.4 Å². The molecule has 0 atom stereocenters. The highest BCUT2D eigenvalue weighted by Crippen LogP contribution is 2.31. The summed E-state index contributed by atoms with van der Waals surface area (Å²) in [6.45, 7) is 0. The predicted octanol–water partition coefficient (Wildman–Crippen LogP) is 5.33. The number of hydrogen-bond donors (Lipinski definition) is 2. The van der Waals surface area contributed by atoms with Crippen LogP contribution in [0.2, 0.25) is 0 Å². The van der Waals surface area contributed by atoms with Gasteiger partial charge in [0.2, 0.25) is 5.95 Å². The topological polar surface area (TPSA) is 92.9 Å². The molecule has 7 nitrogen and oxygen atoms in total. The lowest BCUT2D eigenvalue weighted by Crippen LogP contribution is -2.10. The maximum atomic E-state index is 13.5. The lowest BCUT2D eigenvalue weighted by Gasteiger charge is -2.12. The van der Waals surface area contributed by atoms with Crippen LogP contribution >= 0.6 is 0 Å². The van der Waals surface area contributed by atoms with Gasteiger partial charge in [-0.15, -0.1) is 0 Å². The van der Waals surface area contributed by atoms with Gasteiger partial charge in [-0.2, -0.15) is 23.3 Å². The monoisotopic (exact) mass is 469 g/mol. The summed E-state index contributed by atoms with van der Waals surface area (Å²) in [4.78, 5) is 19.3. The van der Waals surface area contributed by atoms with E-state index in [4.69, 9.17) is 5.11 Å². The minimum Gasteiger partial charge on any atom is -0.478 e. The van der Waals surface area contributed by atoms with Crippen LogP contribution in [0.1, 0.15) is 11.3 Å². The van der Waals surface area contributed by atoms with Gasteiger partial charge >= 0.3 is 12.1 Å². The fourth-order valence-corrected chi connectivity index (χ4v) is 3.08. The molecule has 11 heteroatoms. The Morgan fingerprint density at radius 1 is 1.09 bits per heavy atom. The van der Waals surface area contributed by atoms with Crippen molar-refractivity contribution < 1.29 is 27.5 Å². The molecule has 0 bridgehead atoms. The number of carboxylic acids is 1. The van der Waals surface area contributed by atoms with Crippen molar-refractivity contribution >= 4 is 23.7 Å². The van der Waals surface area contributed by atoms with Crippen LogP contribution in [0, 0.1) is 5.82 Å². The molecule has 0 radical (unpaired) electrons. The van der Waals surface area contributed by atoms with Gasteiger partial charge < -0.3 is 10.4 Å². The number of aliphatic carboxylic acids is 1. The maximum Gasteiger partial charge on any atom is 0.435 e. The molecule has 0 saturated carbocycles. The first kappa shape index (κ1) is 22.6. The van der Waals surface area contributed by atoms with Crippen LogP contribution in [0.3, 0.4) is 0 Å². The standard InChI is InChI=1S/C23H15F4N5O2/c24-16-5-2-6-17(12-16)29-22-28-13-18(15-4-1-3-14(11-15)7-8-20(33)34)21(30-22)32-10-9-19(31-32)23(25,26)27/h1-13H,(H,33,34)(H,28,29,30). The van der Waals surface area contributed by atoms with Crippen molar-refractivity contribution in [1.29, 1.82) is 0 Å². The summed E-state index contributed by atoms with van der Waals surface area (Å²) >= 11 is 0. The summed E-state index contributed by atoms with van der Waals surface area (Å²) in [5.74, 6) is -1.58. The van der Waals surface area contributed by atoms with Gasteiger partial charge in [0.1, 0.15) is 5.82 Å². The first-order chi connectivity index (χ1) is 16.2. The highest BCUT2D eigenvalue weighted by Gasteiger charge is 2.34. The van der Waals surface area contributed by atoms with Crippen LogP contribution < -0.4 is 5.32 Å². The van der Waals surface area contributed by atoms with Crippen LogP contribution in [-0.4, -0.2) is 30.8 Å². The van der Waals surface area contributed by atoms with Gasteiger partial charge in [0, 0.05) is 29.7 Å². The van der Waals surface area contributed by atoms with E-state index in [-0.39, 0.29) is 11.8 Å². The minimum absolute atomic E-state index is 0.00957. The largest absolute Gasteiger partial charge is 0.478 e. The predicted molar refractivity (Wildman–Crippen MR) is 116 cm³/mol. The van der Waals surface area contributed by atoms with Gasteiger partial charge in [-0.05, 0) is 47.5 Å². The Kier molecular flexibility index (Phi) is 6.09. The zero-order valence-corrected chi connectivity index (χ0v) is 17.2. The van der Waals surface area contributed by atoms with E-state index in [0.29, 0.717) is 22.4 Å². The molecule has 172 valence electrons. The average Bonchev–Trinajstić information content (AvgIpc) is 3.29. The number of anilines is 2. The fraction of sp³-hybridized carbons (Fsp3) is 0.0435. The molecule has 2 aromatic carbocycles. The number of hydrogen-bond acceptors (Lipinski definition) is 5. The Bertz CT molecular complexity index is 1380. The molecule has 0 saturated heterocycles. The third kappa shape index (κ3) is 5.26. The number of aromatic nitrogens is 4. The van der Waals surface area contributed by atoms with E-state index in [0.717, 1.165) is 23.0 Å². The molecule has 34 heavy (non-hydrogen) atoms. The van der Waals surface area contributed by atoms with Crippen molar-refractivity contribution in [2.24, 2.45) is 0 Å². The van der Waals surface area contributed by atoms with Crippen molar-refractivity contribution in [3.63, 3.8) is 0 Å². The quantitative estimate of drug-likeness (QED) is 0.293. The number of carboxylic acid groups (broad SMARTS) is 1. The zero-order valence-electron chi connectivity index (χ0n) is 17.2. The summed E-state index contributed by atoms with van der Waals surface area (Å²) in [6.07, 6.45) is 0.198. The van der Waals surface area contributed by atoms with Gasteiger partial charge in [0.05, 0.1) is 0 Å². The number of nitrogens with one attached hydrogen (secondary N) is 1. The van der Waals surface area contributed by atoms with Crippen molar-refractivity contribution in [2.45, 2.75) is 6.18 Å².